The van der Waals surface area contributed by atoms with Crippen LogP contribution in [-0.4, -0.2) is 0 Å². The monoisotopic (exact) mass is 286 g/mol. The fraction of sp³-hybridized carbons (Fsp3) is 0.273. The van der Waals surface area contributed by atoms with Crippen LogP contribution < -0.4 is 0 Å². The van der Waals surface area contributed by atoms with Crippen LogP contribution in [0, 0.1) is 0 Å². The Morgan fingerprint density at radius 2 is 0.864 bits per heavy atom. The summed E-state index contributed by atoms with van der Waals surface area (Å²) in [5.41, 5.74) is 5.95. The van der Waals surface area contributed by atoms with E-state index in [4.69, 9.17) is 0 Å². The maximum atomic E-state index is 2.41. The van der Waals surface area contributed by atoms with Crippen LogP contribution in [0.15, 0.2) is 60.7 Å². The molecule has 3 aromatic rings. The first kappa shape index (κ1) is 13.6. The summed E-state index contributed by atoms with van der Waals surface area (Å²) >= 11 is 0. The minimum absolute atomic E-state index is 0.0471. The molecule has 0 saturated heterocycles. The number of rotatable bonds is 0. The van der Waals surface area contributed by atoms with Gasteiger partial charge in [0.1, 0.15) is 0 Å². The van der Waals surface area contributed by atoms with Crippen molar-refractivity contribution in [2.75, 3.05) is 0 Å². The summed E-state index contributed by atoms with van der Waals surface area (Å²) in [6.45, 7) is 9.42. The molecule has 1 aliphatic carbocycles. The Kier molecular flexibility index (Phi) is 2.61. The summed E-state index contributed by atoms with van der Waals surface area (Å²) in [6.07, 6.45) is 0. The lowest BCUT2D eigenvalue weighted by atomic mass is 9.60. The van der Waals surface area contributed by atoms with Gasteiger partial charge >= 0.3 is 0 Å². The quantitative estimate of drug-likeness (QED) is 0.489. The lowest BCUT2D eigenvalue weighted by Crippen LogP contribution is -2.36. The van der Waals surface area contributed by atoms with Gasteiger partial charge in [-0.15, -0.1) is 0 Å². The summed E-state index contributed by atoms with van der Waals surface area (Å²) in [5.74, 6) is 0. The van der Waals surface area contributed by atoms with Gasteiger partial charge < -0.3 is 0 Å². The summed E-state index contributed by atoms with van der Waals surface area (Å²) in [7, 11) is 0. The van der Waals surface area contributed by atoms with Crippen molar-refractivity contribution in [1.82, 2.24) is 0 Å². The lowest BCUT2D eigenvalue weighted by molar-refractivity contribution is 0.522. The van der Waals surface area contributed by atoms with E-state index in [0.717, 1.165) is 0 Å². The van der Waals surface area contributed by atoms with Crippen LogP contribution in [-0.2, 0) is 10.8 Å². The number of hydrogen-bond acceptors (Lipinski definition) is 0. The van der Waals surface area contributed by atoms with E-state index in [1.54, 1.807) is 0 Å². The molecule has 0 bridgehead atoms. The Morgan fingerprint density at radius 3 is 1.27 bits per heavy atom. The molecule has 0 unspecified atom stereocenters. The average Bonchev–Trinajstić information content (AvgIpc) is 2.52. The molecule has 22 heavy (non-hydrogen) atoms. The molecular formula is C22H22. The molecule has 1 aliphatic rings. The molecule has 0 heteroatoms. The van der Waals surface area contributed by atoms with Crippen molar-refractivity contribution in [1.29, 1.82) is 0 Å². The minimum atomic E-state index is 0.0471. The molecule has 3 aromatic carbocycles. The van der Waals surface area contributed by atoms with Gasteiger partial charge in [-0.1, -0.05) is 76.2 Å². The van der Waals surface area contributed by atoms with Crippen molar-refractivity contribution in [2.45, 2.75) is 38.5 Å². The van der Waals surface area contributed by atoms with Gasteiger partial charge in [-0.3, -0.25) is 0 Å². The number of hydrogen-bond donors (Lipinski definition) is 0. The van der Waals surface area contributed by atoms with Gasteiger partial charge in [0.05, 0.1) is 0 Å². The highest BCUT2D eigenvalue weighted by molar-refractivity contribution is 5.86. The van der Waals surface area contributed by atoms with Gasteiger partial charge in [-0.2, -0.15) is 0 Å². The van der Waals surface area contributed by atoms with Gasteiger partial charge in [-0.05, 0) is 45.2 Å². The molecule has 0 aliphatic heterocycles. The van der Waals surface area contributed by atoms with E-state index in [1.807, 2.05) is 0 Å². The maximum Gasteiger partial charge on any atom is 0.0152 e. The second kappa shape index (κ2) is 4.23. The zero-order valence-electron chi connectivity index (χ0n) is 13.8. The third-order valence-corrected chi connectivity index (χ3v) is 5.51. The highest BCUT2D eigenvalue weighted by atomic mass is 14.4. The van der Waals surface area contributed by atoms with Crippen LogP contribution in [0.5, 0.6) is 0 Å². The molecule has 0 saturated carbocycles. The molecule has 0 fully saturated rings. The molecule has 110 valence electrons. The van der Waals surface area contributed by atoms with E-state index in [9.17, 15) is 0 Å². The largest absolute Gasteiger partial charge is 0.0619 e. The Bertz CT molecular complexity index is 808. The molecule has 0 N–H and O–H groups in total. The van der Waals surface area contributed by atoms with E-state index >= 15 is 0 Å². The predicted molar refractivity (Wildman–Crippen MR) is 94.6 cm³/mol. The normalized spacial score (nSPS) is 17.8. The highest BCUT2D eigenvalue weighted by Gasteiger charge is 2.41. The van der Waals surface area contributed by atoms with Crippen LogP contribution in [0.4, 0.5) is 0 Å². The van der Waals surface area contributed by atoms with Gasteiger partial charge in [0.25, 0.3) is 0 Å². The predicted octanol–water partition coefficient (Wildman–Crippen LogP) is 5.81. The standard InChI is InChI=1S/C22H22/c1-21(2)17-11-7-8-12-18(17)22(3,4)20-14-16-10-6-5-9-15(16)13-19(20)21/h5-14H,1-4H3. The first-order chi connectivity index (χ1) is 10.4. The Morgan fingerprint density at radius 1 is 0.500 bits per heavy atom. The first-order valence-corrected chi connectivity index (χ1v) is 8.06. The number of fused-ring (bicyclic) bond motifs is 3. The summed E-state index contributed by atoms with van der Waals surface area (Å²) in [5, 5.41) is 2.68. The van der Waals surface area contributed by atoms with E-state index < -0.39 is 0 Å². The lowest BCUT2D eigenvalue weighted by Gasteiger charge is -2.44. The van der Waals surface area contributed by atoms with E-state index in [1.165, 1.54) is 33.0 Å². The Balaban J connectivity index is 2.14. The van der Waals surface area contributed by atoms with Crippen molar-refractivity contribution < 1.29 is 0 Å². The summed E-state index contributed by atoms with van der Waals surface area (Å²) in [6, 6.07) is 22.5. The van der Waals surface area contributed by atoms with Gasteiger partial charge in [0.15, 0.2) is 0 Å². The molecule has 0 spiro atoms. The van der Waals surface area contributed by atoms with Crippen LogP contribution >= 0.6 is 0 Å². The summed E-state index contributed by atoms with van der Waals surface area (Å²) < 4.78 is 0. The van der Waals surface area contributed by atoms with Crippen molar-refractivity contribution in [3.05, 3.63) is 82.9 Å². The third kappa shape index (κ3) is 1.64. The van der Waals surface area contributed by atoms with Crippen molar-refractivity contribution >= 4 is 10.8 Å². The molecule has 0 aromatic heterocycles. The molecule has 0 atom stereocenters. The van der Waals surface area contributed by atoms with Crippen LogP contribution in [0.3, 0.4) is 0 Å². The first-order valence-electron chi connectivity index (χ1n) is 8.06. The maximum absolute atomic E-state index is 2.41. The van der Waals surface area contributed by atoms with Gasteiger partial charge in [-0.25, -0.2) is 0 Å². The fourth-order valence-corrected chi connectivity index (χ4v) is 4.14. The Labute approximate surface area is 132 Å². The smallest absolute Gasteiger partial charge is 0.0152 e. The second-order valence-electron chi connectivity index (χ2n) is 7.54. The molecule has 0 nitrogen and oxygen atoms in total. The van der Waals surface area contributed by atoms with Crippen LogP contribution in [0.2, 0.25) is 0 Å². The van der Waals surface area contributed by atoms with E-state index in [2.05, 4.69) is 88.4 Å². The van der Waals surface area contributed by atoms with Crippen LogP contribution in [0.1, 0.15) is 49.9 Å². The fourth-order valence-electron chi connectivity index (χ4n) is 4.14. The van der Waals surface area contributed by atoms with Crippen molar-refractivity contribution in [2.24, 2.45) is 0 Å². The SMILES string of the molecule is CC1(C)c2ccccc2C(C)(C)c2cc3ccccc3cc21. The van der Waals surface area contributed by atoms with Crippen molar-refractivity contribution in [3.8, 4) is 0 Å². The summed E-state index contributed by atoms with van der Waals surface area (Å²) in [4.78, 5) is 0. The Hall–Kier alpha value is -2.08. The zero-order chi connectivity index (χ0) is 15.5. The molecular weight excluding hydrogens is 264 g/mol. The number of benzene rings is 3. The molecule has 0 heterocycles. The molecule has 0 radical (unpaired) electrons. The van der Waals surface area contributed by atoms with Gasteiger partial charge in [0, 0.05) is 10.8 Å². The second-order valence-corrected chi connectivity index (χ2v) is 7.54. The van der Waals surface area contributed by atoms with Crippen LogP contribution in [0.25, 0.3) is 10.8 Å². The average molecular weight is 286 g/mol. The van der Waals surface area contributed by atoms with E-state index in [-0.39, 0.29) is 10.8 Å². The molecule has 0 amide bonds. The molecule has 4 rings (SSSR count). The highest BCUT2D eigenvalue weighted by Crippen LogP contribution is 2.50. The van der Waals surface area contributed by atoms with E-state index in [0.29, 0.717) is 0 Å². The third-order valence-electron chi connectivity index (χ3n) is 5.51. The minimum Gasteiger partial charge on any atom is -0.0619 e. The van der Waals surface area contributed by atoms with Crippen molar-refractivity contribution in [3.63, 3.8) is 0 Å². The van der Waals surface area contributed by atoms with Gasteiger partial charge in [0.2, 0.25) is 0 Å². The zero-order valence-corrected chi connectivity index (χ0v) is 13.8. The topological polar surface area (TPSA) is 0 Å².